The lowest BCUT2D eigenvalue weighted by molar-refractivity contribution is -0.380. The van der Waals surface area contributed by atoms with Crippen molar-refractivity contribution >= 4 is 16.3 Å². The van der Waals surface area contributed by atoms with Crippen molar-refractivity contribution in [3.8, 4) is 0 Å². The Labute approximate surface area is 98.0 Å². The summed E-state index contributed by atoms with van der Waals surface area (Å²) in [5, 5.41) is 10.9. The van der Waals surface area contributed by atoms with Crippen LogP contribution in [-0.4, -0.2) is 30.0 Å². The van der Waals surface area contributed by atoms with Gasteiger partial charge < -0.3 is 5.73 Å². The van der Waals surface area contributed by atoms with Crippen LogP contribution in [0.1, 0.15) is 17.3 Å². The summed E-state index contributed by atoms with van der Waals surface area (Å²) < 4.78 is 0. The SMILES string of the molecule is CN1CCC(CN)C1c1ccc([N+](=O)[O-])s1. The Morgan fingerprint density at radius 2 is 2.44 bits per heavy atom. The molecule has 2 rings (SSSR count). The monoisotopic (exact) mass is 241 g/mol. The van der Waals surface area contributed by atoms with Gasteiger partial charge in [-0.05, 0) is 38.5 Å². The number of rotatable bonds is 3. The minimum absolute atomic E-state index is 0.214. The fraction of sp³-hybridized carbons (Fsp3) is 0.600. The molecule has 1 fully saturated rings. The smallest absolute Gasteiger partial charge is 0.324 e. The molecule has 0 aromatic carbocycles. The third-order valence-electron chi connectivity index (χ3n) is 3.16. The van der Waals surface area contributed by atoms with Crippen molar-refractivity contribution < 1.29 is 4.92 Å². The molecule has 0 spiro atoms. The molecular formula is C10H15N3O2S. The van der Waals surface area contributed by atoms with E-state index in [1.165, 1.54) is 11.3 Å². The number of hydrogen-bond acceptors (Lipinski definition) is 5. The predicted octanol–water partition coefficient (Wildman–Crippen LogP) is 1.61. The van der Waals surface area contributed by atoms with Crippen molar-refractivity contribution in [2.45, 2.75) is 12.5 Å². The first kappa shape index (κ1) is 11.5. The van der Waals surface area contributed by atoms with Gasteiger partial charge in [0, 0.05) is 17.0 Å². The molecule has 2 unspecified atom stereocenters. The van der Waals surface area contributed by atoms with Gasteiger partial charge in [0.25, 0.3) is 0 Å². The van der Waals surface area contributed by atoms with Crippen LogP contribution in [0.3, 0.4) is 0 Å². The van der Waals surface area contributed by atoms with E-state index in [-0.39, 0.29) is 16.0 Å². The Morgan fingerprint density at radius 1 is 1.69 bits per heavy atom. The molecule has 2 N–H and O–H groups in total. The molecule has 16 heavy (non-hydrogen) atoms. The van der Waals surface area contributed by atoms with Crippen LogP contribution in [-0.2, 0) is 0 Å². The average molecular weight is 241 g/mol. The first-order valence-corrected chi connectivity index (χ1v) is 6.09. The number of nitrogens with zero attached hydrogens (tertiary/aromatic N) is 2. The summed E-state index contributed by atoms with van der Waals surface area (Å²) >= 11 is 1.26. The van der Waals surface area contributed by atoms with Gasteiger partial charge in [-0.25, -0.2) is 0 Å². The molecule has 1 aliphatic rings. The third kappa shape index (κ3) is 1.95. The first-order valence-electron chi connectivity index (χ1n) is 5.28. The highest BCUT2D eigenvalue weighted by Crippen LogP contribution is 2.40. The van der Waals surface area contributed by atoms with Gasteiger partial charge in [0.1, 0.15) is 0 Å². The molecule has 2 atom stereocenters. The standard InChI is InChI=1S/C10H15N3O2S/c1-12-5-4-7(6-11)10(12)8-2-3-9(16-8)13(14)15/h2-3,7,10H,4-6,11H2,1H3. The van der Waals surface area contributed by atoms with Gasteiger partial charge in [0.15, 0.2) is 0 Å². The van der Waals surface area contributed by atoms with E-state index in [4.69, 9.17) is 5.73 Å². The van der Waals surface area contributed by atoms with Crippen molar-refractivity contribution in [1.82, 2.24) is 4.90 Å². The number of nitro groups is 1. The molecule has 5 nitrogen and oxygen atoms in total. The van der Waals surface area contributed by atoms with E-state index < -0.39 is 0 Å². The maximum Gasteiger partial charge on any atom is 0.324 e. The van der Waals surface area contributed by atoms with E-state index in [2.05, 4.69) is 4.90 Å². The normalized spacial score (nSPS) is 26.1. The van der Waals surface area contributed by atoms with Gasteiger partial charge in [-0.2, -0.15) is 0 Å². The zero-order chi connectivity index (χ0) is 11.7. The maximum atomic E-state index is 10.6. The second kappa shape index (κ2) is 4.48. The number of hydrogen-bond donors (Lipinski definition) is 1. The molecule has 0 saturated carbocycles. The van der Waals surface area contributed by atoms with E-state index in [0.717, 1.165) is 17.8 Å². The largest absolute Gasteiger partial charge is 0.330 e. The third-order valence-corrected chi connectivity index (χ3v) is 4.27. The van der Waals surface area contributed by atoms with E-state index in [0.29, 0.717) is 12.5 Å². The van der Waals surface area contributed by atoms with Gasteiger partial charge in [0.05, 0.1) is 4.92 Å². The van der Waals surface area contributed by atoms with E-state index in [9.17, 15) is 10.1 Å². The van der Waals surface area contributed by atoms with Crippen molar-refractivity contribution in [2.75, 3.05) is 20.1 Å². The molecule has 1 aliphatic heterocycles. The minimum atomic E-state index is -0.333. The minimum Gasteiger partial charge on any atom is -0.330 e. The van der Waals surface area contributed by atoms with Crippen LogP contribution in [0.5, 0.6) is 0 Å². The summed E-state index contributed by atoms with van der Waals surface area (Å²) in [6.45, 7) is 1.65. The highest BCUT2D eigenvalue weighted by molar-refractivity contribution is 7.15. The summed E-state index contributed by atoms with van der Waals surface area (Å²) in [4.78, 5) is 13.6. The highest BCUT2D eigenvalue weighted by atomic mass is 32.1. The average Bonchev–Trinajstić information content (AvgIpc) is 2.83. The fourth-order valence-corrected chi connectivity index (χ4v) is 3.40. The lowest BCUT2D eigenvalue weighted by Gasteiger charge is -2.22. The molecule has 0 radical (unpaired) electrons. The molecule has 2 heterocycles. The molecule has 1 aromatic heterocycles. The fourth-order valence-electron chi connectivity index (χ4n) is 2.32. The zero-order valence-electron chi connectivity index (χ0n) is 9.13. The number of thiophene rings is 1. The Bertz CT molecular complexity index is 393. The Balaban J connectivity index is 2.24. The Morgan fingerprint density at radius 3 is 3.00 bits per heavy atom. The van der Waals surface area contributed by atoms with E-state index in [1.54, 1.807) is 6.07 Å². The second-order valence-corrected chi connectivity index (χ2v) is 5.24. The van der Waals surface area contributed by atoms with Crippen LogP contribution in [0.2, 0.25) is 0 Å². The quantitative estimate of drug-likeness (QED) is 0.644. The van der Waals surface area contributed by atoms with Crippen molar-refractivity contribution in [1.29, 1.82) is 0 Å². The van der Waals surface area contributed by atoms with Crippen LogP contribution in [0.25, 0.3) is 0 Å². The summed E-state index contributed by atoms with van der Waals surface area (Å²) in [6.07, 6.45) is 1.07. The number of likely N-dealkylation sites (tertiary alicyclic amines) is 1. The maximum absolute atomic E-state index is 10.6. The molecule has 1 aromatic rings. The molecule has 0 bridgehead atoms. The Kier molecular flexibility index (Phi) is 3.22. The summed E-state index contributed by atoms with van der Waals surface area (Å²) in [7, 11) is 2.05. The molecule has 88 valence electrons. The van der Waals surface area contributed by atoms with E-state index in [1.807, 2.05) is 13.1 Å². The van der Waals surface area contributed by atoms with Crippen molar-refractivity contribution in [2.24, 2.45) is 11.7 Å². The van der Waals surface area contributed by atoms with Gasteiger partial charge >= 0.3 is 5.00 Å². The Hall–Kier alpha value is -0.980. The lowest BCUT2D eigenvalue weighted by Crippen LogP contribution is -2.24. The summed E-state index contributed by atoms with van der Waals surface area (Å²) in [6, 6.07) is 3.70. The molecule has 0 aliphatic carbocycles. The van der Waals surface area contributed by atoms with Gasteiger partial charge in [-0.3, -0.25) is 15.0 Å². The van der Waals surface area contributed by atoms with Crippen molar-refractivity contribution in [3.05, 3.63) is 27.1 Å². The zero-order valence-corrected chi connectivity index (χ0v) is 9.94. The van der Waals surface area contributed by atoms with Crippen LogP contribution in [0.15, 0.2) is 12.1 Å². The molecule has 0 amide bonds. The van der Waals surface area contributed by atoms with Gasteiger partial charge in [-0.1, -0.05) is 11.3 Å². The van der Waals surface area contributed by atoms with Crippen LogP contribution in [0.4, 0.5) is 5.00 Å². The lowest BCUT2D eigenvalue weighted by atomic mass is 9.99. The summed E-state index contributed by atoms with van der Waals surface area (Å²) in [5.41, 5.74) is 5.73. The van der Waals surface area contributed by atoms with Crippen LogP contribution < -0.4 is 5.73 Å². The topological polar surface area (TPSA) is 72.4 Å². The summed E-state index contributed by atoms with van der Waals surface area (Å²) in [5.74, 6) is 0.420. The van der Waals surface area contributed by atoms with Crippen molar-refractivity contribution in [3.63, 3.8) is 0 Å². The predicted molar refractivity (Wildman–Crippen MR) is 63.5 cm³/mol. The van der Waals surface area contributed by atoms with E-state index >= 15 is 0 Å². The molecule has 1 saturated heterocycles. The van der Waals surface area contributed by atoms with Gasteiger partial charge in [0.2, 0.25) is 0 Å². The van der Waals surface area contributed by atoms with Gasteiger partial charge in [-0.15, -0.1) is 0 Å². The molecule has 6 heteroatoms. The second-order valence-electron chi connectivity index (χ2n) is 4.14. The number of nitrogens with two attached hydrogens (primary N) is 1. The highest BCUT2D eigenvalue weighted by Gasteiger charge is 2.33. The molecular weight excluding hydrogens is 226 g/mol. The first-order chi connectivity index (χ1) is 7.63. The van der Waals surface area contributed by atoms with Crippen LogP contribution in [0, 0.1) is 16.0 Å². The van der Waals surface area contributed by atoms with Crippen LogP contribution >= 0.6 is 11.3 Å².